The summed E-state index contributed by atoms with van der Waals surface area (Å²) in [6.07, 6.45) is 0. The number of non-ortho nitro benzene ring substituents is 1. The van der Waals surface area contributed by atoms with Crippen LogP contribution in [0, 0.1) is 10.1 Å². The fourth-order valence-electron chi connectivity index (χ4n) is 1.61. The zero-order valence-corrected chi connectivity index (χ0v) is 13.7. The van der Waals surface area contributed by atoms with Crippen molar-refractivity contribution in [3.05, 3.63) is 34.4 Å². The van der Waals surface area contributed by atoms with Crippen molar-refractivity contribution in [2.75, 3.05) is 13.2 Å². The molecule has 0 amide bonds. The van der Waals surface area contributed by atoms with E-state index in [-0.39, 0.29) is 23.8 Å². The second-order valence-corrected chi connectivity index (χ2v) is 8.63. The number of benzene rings is 1. The molecule has 1 unspecified atom stereocenters. The van der Waals surface area contributed by atoms with E-state index in [1.54, 1.807) is 0 Å². The van der Waals surface area contributed by atoms with Crippen LogP contribution in [0.2, 0.25) is 0 Å². The maximum absolute atomic E-state index is 12.5. The third-order valence-electron chi connectivity index (χ3n) is 2.62. The predicted octanol–water partition coefficient (Wildman–Crippen LogP) is 1.88. The fraction of sp³-hybridized carbons (Fsp3) is 0.455. The standard InChI is InChI=1S/C11H17N2O7PS/c1-3-19-21(16,20-4-2)11(12)22(17,18)10-7-5-9(6-8-10)13(14)15/h5-8,11H,3-4,12H2,1-2H3. The smallest absolute Gasteiger partial charge is 0.307 e. The van der Waals surface area contributed by atoms with Gasteiger partial charge in [0.05, 0.1) is 23.0 Å². The molecule has 0 saturated carbocycles. The molecule has 124 valence electrons. The summed E-state index contributed by atoms with van der Waals surface area (Å²) in [5, 5.41) is 8.66. The van der Waals surface area contributed by atoms with E-state index < -0.39 is 27.5 Å². The van der Waals surface area contributed by atoms with Gasteiger partial charge in [0.1, 0.15) is 0 Å². The molecule has 0 aliphatic heterocycles. The lowest BCUT2D eigenvalue weighted by Crippen LogP contribution is -2.32. The van der Waals surface area contributed by atoms with E-state index in [1.165, 1.54) is 13.8 Å². The molecule has 1 atom stereocenters. The van der Waals surface area contributed by atoms with Gasteiger partial charge in [0.15, 0.2) is 0 Å². The van der Waals surface area contributed by atoms with Gasteiger partial charge in [-0.05, 0) is 26.0 Å². The maximum atomic E-state index is 12.5. The van der Waals surface area contributed by atoms with E-state index in [0.717, 1.165) is 24.3 Å². The van der Waals surface area contributed by atoms with Crippen LogP contribution in [-0.2, 0) is 23.4 Å². The van der Waals surface area contributed by atoms with Crippen LogP contribution in [0.4, 0.5) is 5.69 Å². The fourth-order valence-corrected chi connectivity index (χ4v) is 5.58. The first-order valence-corrected chi connectivity index (χ1v) is 9.47. The number of hydrogen-bond acceptors (Lipinski definition) is 8. The number of nitro benzene ring substituents is 1. The summed E-state index contributed by atoms with van der Waals surface area (Å²) in [6.45, 7) is 2.97. The molecule has 1 aromatic carbocycles. The number of hydrogen-bond donors (Lipinski definition) is 1. The SMILES string of the molecule is CCOP(=O)(OCC)C(N)S(=O)(=O)c1ccc([N+](=O)[O-])cc1. The summed E-state index contributed by atoms with van der Waals surface area (Å²) < 4.78 is 47.1. The Morgan fingerprint density at radius 1 is 1.23 bits per heavy atom. The van der Waals surface area contributed by atoms with Crippen molar-refractivity contribution in [1.29, 1.82) is 0 Å². The third-order valence-corrected chi connectivity index (χ3v) is 7.66. The van der Waals surface area contributed by atoms with Crippen LogP contribution < -0.4 is 5.73 Å². The van der Waals surface area contributed by atoms with Crippen molar-refractivity contribution in [2.45, 2.75) is 23.9 Å². The molecule has 9 nitrogen and oxygen atoms in total. The average molecular weight is 352 g/mol. The molecule has 0 fully saturated rings. The second-order valence-electron chi connectivity index (χ2n) is 4.06. The molecule has 22 heavy (non-hydrogen) atoms. The lowest BCUT2D eigenvalue weighted by Gasteiger charge is -2.23. The number of rotatable bonds is 8. The largest absolute Gasteiger partial charge is 0.363 e. The molecule has 0 spiro atoms. The first kappa shape index (κ1) is 18.7. The molecule has 0 heterocycles. The van der Waals surface area contributed by atoms with Gasteiger partial charge in [-0.3, -0.25) is 14.7 Å². The van der Waals surface area contributed by atoms with E-state index in [0.29, 0.717) is 0 Å². The van der Waals surface area contributed by atoms with Gasteiger partial charge in [-0.25, -0.2) is 8.42 Å². The summed E-state index contributed by atoms with van der Waals surface area (Å²) in [4.78, 5) is 9.61. The Balaban J connectivity index is 3.21. The molecule has 0 aliphatic carbocycles. The number of nitrogens with two attached hydrogens (primary N) is 1. The Hall–Kier alpha value is -1.32. The molecular formula is C11H17N2O7PS. The highest BCUT2D eigenvalue weighted by Crippen LogP contribution is 2.53. The first-order valence-electron chi connectivity index (χ1n) is 6.31. The van der Waals surface area contributed by atoms with Crippen LogP contribution in [-0.4, -0.2) is 31.7 Å². The summed E-state index contributed by atoms with van der Waals surface area (Å²) in [7, 11) is -8.31. The lowest BCUT2D eigenvalue weighted by molar-refractivity contribution is -0.384. The highest BCUT2D eigenvalue weighted by atomic mass is 32.2. The van der Waals surface area contributed by atoms with Gasteiger partial charge in [0, 0.05) is 12.1 Å². The molecule has 0 saturated heterocycles. The number of nitrogens with zero attached hydrogens (tertiary/aromatic N) is 1. The van der Waals surface area contributed by atoms with E-state index in [4.69, 9.17) is 14.8 Å². The molecule has 1 rings (SSSR count). The van der Waals surface area contributed by atoms with Gasteiger partial charge in [-0.1, -0.05) is 0 Å². The molecule has 0 bridgehead atoms. The van der Waals surface area contributed by atoms with Gasteiger partial charge in [-0.15, -0.1) is 0 Å². The van der Waals surface area contributed by atoms with Gasteiger partial charge >= 0.3 is 7.60 Å². The van der Waals surface area contributed by atoms with Crippen LogP contribution >= 0.6 is 7.60 Å². The Morgan fingerprint density at radius 2 is 1.68 bits per heavy atom. The zero-order valence-electron chi connectivity index (χ0n) is 12.0. The summed E-state index contributed by atoms with van der Waals surface area (Å²) in [6, 6.07) is 4.09. The molecule has 0 aromatic heterocycles. The van der Waals surface area contributed by atoms with Crippen molar-refractivity contribution in [1.82, 2.24) is 0 Å². The maximum Gasteiger partial charge on any atom is 0.363 e. The minimum atomic E-state index is -4.24. The zero-order chi connectivity index (χ0) is 17.0. The second kappa shape index (κ2) is 7.30. The van der Waals surface area contributed by atoms with Gasteiger partial charge in [0.2, 0.25) is 15.0 Å². The quantitative estimate of drug-likeness (QED) is 0.425. The predicted molar refractivity (Wildman–Crippen MR) is 79.1 cm³/mol. The Kier molecular flexibility index (Phi) is 6.21. The highest BCUT2D eigenvalue weighted by molar-refractivity contribution is 7.98. The normalized spacial score (nSPS) is 13.8. The third kappa shape index (κ3) is 3.90. The summed E-state index contributed by atoms with van der Waals surface area (Å²) in [5.41, 5.74) is 5.32. The Bertz CT molecular complexity index is 664. The van der Waals surface area contributed by atoms with Crippen LogP contribution in [0.25, 0.3) is 0 Å². The molecule has 0 radical (unpaired) electrons. The van der Waals surface area contributed by atoms with Gasteiger partial charge in [0.25, 0.3) is 5.69 Å². The minimum absolute atomic E-state index is 0.0409. The summed E-state index contributed by atoms with van der Waals surface area (Å²) >= 11 is 0. The highest BCUT2D eigenvalue weighted by Gasteiger charge is 2.43. The molecular weight excluding hydrogens is 335 g/mol. The number of nitro groups is 1. The van der Waals surface area contributed by atoms with Crippen LogP contribution in [0.5, 0.6) is 0 Å². The monoisotopic (exact) mass is 352 g/mol. The van der Waals surface area contributed by atoms with Crippen molar-refractivity contribution >= 4 is 23.1 Å². The van der Waals surface area contributed by atoms with Crippen LogP contribution in [0.15, 0.2) is 29.2 Å². The Labute approximate surface area is 128 Å². The molecule has 11 heteroatoms. The minimum Gasteiger partial charge on any atom is -0.307 e. The average Bonchev–Trinajstić information content (AvgIpc) is 2.47. The molecule has 2 N–H and O–H groups in total. The van der Waals surface area contributed by atoms with Crippen LogP contribution in [0.1, 0.15) is 13.8 Å². The van der Waals surface area contributed by atoms with Crippen molar-refractivity contribution in [3.63, 3.8) is 0 Å². The van der Waals surface area contributed by atoms with Crippen molar-refractivity contribution in [2.24, 2.45) is 5.73 Å². The van der Waals surface area contributed by atoms with Crippen LogP contribution in [0.3, 0.4) is 0 Å². The van der Waals surface area contributed by atoms with E-state index in [1.807, 2.05) is 0 Å². The van der Waals surface area contributed by atoms with Gasteiger partial charge in [-0.2, -0.15) is 0 Å². The van der Waals surface area contributed by atoms with Gasteiger partial charge < -0.3 is 14.8 Å². The van der Waals surface area contributed by atoms with Crippen molar-refractivity contribution in [3.8, 4) is 0 Å². The lowest BCUT2D eigenvalue weighted by atomic mass is 10.3. The Morgan fingerprint density at radius 3 is 2.05 bits per heavy atom. The van der Waals surface area contributed by atoms with Crippen molar-refractivity contribution < 1.29 is 27.0 Å². The number of sulfone groups is 1. The van der Waals surface area contributed by atoms with E-state index in [2.05, 4.69) is 0 Å². The van der Waals surface area contributed by atoms with E-state index >= 15 is 0 Å². The summed E-state index contributed by atoms with van der Waals surface area (Å²) in [5.74, 6) is 0. The topological polar surface area (TPSA) is 139 Å². The molecule has 0 aliphatic rings. The first-order chi connectivity index (χ1) is 10.2. The van der Waals surface area contributed by atoms with E-state index in [9.17, 15) is 23.1 Å². The molecule has 1 aromatic rings.